The average molecular weight is 377 g/mol. The van der Waals surface area contributed by atoms with Crippen molar-refractivity contribution in [2.75, 3.05) is 12.4 Å². The number of anilines is 1. The highest BCUT2D eigenvalue weighted by atomic mass is 35.5. The van der Waals surface area contributed by atoms with Gasteiger partial charge < -0.3 is 15.4 Å². The summed E-state index contributed by atoms with van der Waals surface area (Å²) in [5, 5.41) is 7.75. The maximum absolute atomic E-state index is 6.17. The van der Waals surface area contributed by atoms with Crippen LogP contribution in [0.5, 0.6) is 5.75 Å². The third-order valence-electron chi connectivity index (χ3n) is 4.12. The van der Waals surface area contributed by atoms with Crippen LogP contribution in [0.1, 0.15) is 36.6 Å². The van der Waals surface area contributed by atoms with Crippen molar-refractivity contribution in [3.05, 3.63) is 58.1 Å². The fourth-order valence-corrected chi connectivity index (χ4v) is 3.33. The molecule has 2 N–H and O–H groups in total. The number of rotatable bonds is 5. The van der Waals surface area contributed by atoms with Crippen LogP contribution >= 0.6 is 23.8 Å². The topological polar surface area (TPSA) is 33.3 Å². The molecule has 3 nitrogen and oxygen atoms in total. The van der Waals surface area contributed by atoms with Gasteiger partial charge in [0, 0.05) is 5.69 Å². The number of hydrogen-bond donors (Lipinski definition) is 2. The Morgan fingerprint density at radius 3 is 2.40 bits per heavy atom. The highest BCUT2D eigenvalue weighted by Crippen LogP contribution is 2.28. The first-order chi connectivity index (χ1) is 11.8. The predicted molar refractivity (Wildman–Crippen MR) is 111 cm³/mol. The normalized spacial score (nSPS) is 12.0. The van der Waals surface area contributed by atoms with E-state index in [9.17, 15) is 0 Å². The standard InChI is InChI=1S/C20H25ClN2OS/c1-12(2)19(16-8-6-13(3)10-14(16)4)23-20(25)22-15-7-9-18(24-5)17(21)11-15/h6-12,19H,1-5H3,(H2,22,23,25)/t19-/m0/s1. The number of ether oxygens (including phenoxy) is 1. The van der Waals surface area contributed by atoms with Crippen LogP contribution in [-0.2, 0) is 0 Å². The lowest BCUT2D eigenvalue weighted by Gasteiger charge is -2.26. The second-order valence-electron chi connectivity index (χ2n) is 6.53. The molecular formula is C20H25ClN2OS. The van der Waals surface area contributed by atoms with Crippen molar-refractivity contribution in [2.45, 2.75) is 33.7 Å². The molecule has 0 unspecified atom stereocenters. The molecule has 134 valence electrons. The maximum Gasteiger partial charge on any atom is 0.171 e. The maximum atomic E-state index is 6.17. The van der Waals surface area contributed by atoms with Crippen LogP contribution in [-0.4, -0.2) is 12.2 Å². The molecule has 2 aromatic carbocycles. The number of halogens is 1. The summed E-state index contributed by atoms with van der Waals surface area (Å²) in [6.45, 7) is 8.61. The largest absolute Gasteiger partial charge is 0.495 e. The molecule has 0 aromatic heterocycles. The van der Waals surface area contributed by atoms with Gasteiger partial charge in [-0.05, 0) is 61.3 Å². The minimum absolute atomic E-state index is 0.134. The van der Waals surface area contributed by atoms with Crippen molar-refractivity contribution in [1.82, 2.24) is 5.32 Å². The highest BCUT2D eigenvalue weighted by Gasteiger charge is 2.19. The van der Waals surface area contributed by atoms with E-state index >= 15 is 0 Å². The Labute approximate surface area is 160 Å². The monoisotopic (exact) mass is 376 g/mol. The van der Waals surface area contributed by atoms with Crippen molar-refractivity contribution < 1.29 is 4.74 Å². The average Bonchev–Trinajstić information content (AvgIpc) is 2.53. The highest BCUT2D eigenvalue weighted by molar-refractivity contribution is 7.80. The molecule has 25 heavy (non-hydrogen) atoms. The predicted octanol–water partition coefficient (Wildman–Crippen LogP) is 5.65. The van der Waals surface area contributed by atoms with Gasteiger partial charge >= 0.3 is 0 Å². The summed E-state index contributed by atoms with van der Waals surface area (Å²) in [4.78, 5) is 0. The summed E-state index contributed by atoms with van der Waals surface area (Å²) in [7, 11) is 1.59. The molecule has 0 aliphatic heterocycles. The smallest absolute Gasteiger partial charge is 0.171 e. The third kappa shape index (κ3) is 5.10. The molecule has 2 rings (SSSR count). The molecule has 0 saturated heterocycles. The number of nitrogens with one attached hydrogen (secondary N) is 2. The van der Waals surface area contributed by atoms with Gasteiger partial charge in [-0.25, -0.2) is 0 Å². The molecule has 0 heterocycles. The molecule has 0 aliphatic rings. The van der Waals surface area contributed by atoms with Gasteiger partial charge in [0.15, 0.2) is 5.11 Å². The minimum atomic E-state index is 0.134. The molecule has 2 aromatic rings. The van der Waals surface area contributed by atoms with Crippen molar-refractivity contribution >= 4 is 34.6 Å². The van der Waals surface area contributed by atoms with Crippen LogP contribution in [0.2, 0.25) is 5.02 Å². The van der Waals surface area contributed by atoms with Crippen LogP contribution in [0, 0.1) is 19.8 Å². The molecule has 0 spiro atoms. The van der Waals surface area contributed by atoms with E-state index < -0.39 is 0 Å². The Bertz CT molecular complexity index is 761. The van der Waals surface area contributed by atoms with E-state index in [0.717, 1.165) is 5.69 Å². The number of benzene rings is 2. The van der Waals surface area contributed by atoms with Crippen LogP contribution < -0.4 is 15.4 Å². The van der Waals surface area contributed by atoms with Gasteiger partial charge in [-0.3, -0.25) is 0 Å². The van der Waals surface area contributed by atoms with Crippen molar-refractivity contribution in [2.24, 2.45) is 5.92 Å². The first-order valence-corrected chi connectivity index (χ1v) is 9.08. The van der Waals surface area contributed by atoms with E-state index in [2.05, 4.69) is 56.5 Å². The first kappa shape index (κ1) is 19.5. The number of hydrogen-bond acceptors (Lipinski definition) is 2. The summed E-state index contributed by atoms with van der Waals surface area (Å²) >= 11 is 11.7. The lowest BCUT2D eigenvalue weighted by atomic mass is 9.92. The Morgan fingerprint density at radius 1 is 1.12 bits per heavy atom. The van der Waals surface area contributed by atoms with Crippen LogP contribution in [0.3, 0.4) is 0 Å². The zero-order valence-corrected chi connectivity index (χ0v) is 16.9. The second-order valence-corrected chi connectivity index (χ2v) is 7.34. The fourth-order valence-electron chi connectivity index (χ4n) is 2.83. The molecule has 0 bridgehead atoms. The SMILES string of the molecule is COc1ccc(NC(=S)N[C@H](c2ccc(C)cc2C)C(C)C)cc1Cl. The molecular weight excluding hydrogens is 352 g/mol. The van der Waals surface area contributed by atoms with Crippen LogP contribution in [0.25, 0.3) is 0 Å². The summed E-state index contributed by atoms with van der Waals surface area (Å²) in [5.74, 6) is 1.03. The van der Waals surface area contributed by atoms with E-state index in [-0.39, 0.29) is 6.04 Å². The number of aryl methyl sites for hydroxylation is 2. The van der Waals surface area contributed by atoms with Gasteiger partial charge in [-0.2, -0.15) is 0 Å². The minimum Gasteiger partial charge on any atom is -0.495 e. The van der Waals surface area contributed by atoms with Crippen LogP contribution in [0.15, 0.2) is 36.4 Å². The van der Waals surface area contributed by atoms with Crippen molar-refractivity contribution in [3.8, 4) is 5.75 Å². The quantitative estimate of drug-likeness (QED) is 0.660. The molecule has 0 amide bonds. The van der Waals surface area contributed by atoms with Gasteiger partial charge in [0.1, 0.15) is 5.75 Å². The number of thiocarbonyl (C=S) groups is 1. The van der Waals surface area contributed by atoms with E-state index in [1.165, 1.54) is 16.7 Å². The van der Waals surface area contributed by atoms with E-state index in [1.807, 2.05) is 12.1 Å². The third-order valence-corrected chi connectivity index (χ3v) is 4.64. The van der Waals surface area contributed by atoms with Gasteiger partial charge in [-0.15, -0.1) is 0 Å². The fraction of sp³-hybridized carbons (Fsp3) is 0.350. The molecule has 0 saturated carbocycles. The van der Waals surface area contributed by atoms with Crippen molar-refractivity contribution in [3.63, 3.8) is 0 Å². The second kappa shape index (κ2) is 8.54. The van der Waals surface area contributed by atoms with Gasteiger partial charge in [0.25, 0.3) is 0 Å². The van der Waals surface area contributed by atoms with E-state index in [1.54, 1.807) is 13.2 Å². The zero-order chi connectivity index (χ0) is 18.6. The van der Waals surface area contributed by atoms with E-state index in [4.69, 9.17) is 28.6 Å². The molecule has 0 fully saturated rings. The lowest BCUT2D eigenvalue weighted by molar-refractivity contribution is 0.415. The summed E-state index contributed by atoms with van der Waals surface area (Å²) in [6.07, 6.45) is 0. The zero-order valence-electron chi connectivity index (χ0n) is 15.3. The molecule has 5 heteroatoms. The Morgan fingerprint density at radius 2 is 1.84 bits per heavy atom. The van der Waals surface area contributed by atoms with E-state index in [0.29, 0.717) is 21.8 Å². The molecule has 0 aliphatic carbocycles. The summed E-state index contributed by atoms with van der Waals surface area (Å²) in [6, 6.07) is 12.2. The number of methoxy groups -OCH3 is 1. The van der Waals surface area contributed by atoms with Gasteiger partial charge in [0.05, 0.1) is 18.2 Å². The molecule has 0 radical (unpaired) electrons. The van der Waals surface area contributed by atoms with Gasteiger partial charge in [0.2, 0.25) is 0 Å². The Kier molecular flexibility index (Phi) is 6.68. The lowest BCUT2D eigenvalue weighted by Crippen LogP contribution is -2.35. The Hall–Kier alpha value is -1.78. The van der Waals surface area contributed by atoms with Crippen LogP contribution in [0.4, 0.5) is 5.69 Å². The summed E-state index contributed by atoms with van der Waals surface area (Å²) in [5.41, 5.74) is 4.61. The first-order valence-electron chi connectivity index (χ1n) is 8.30. The molecule has 1 atom stereocenters. The Balaban J connectivity index is 2.14. The summed E-state index contributed by atoms with van der Waals surface area (Å²) < 4.78 is 5.17. The van der Waals surface area contributed by atoms with Crippen molar-refractivity contribution in [1.29, 1.82) is 0 Å². The van der Waals surface area contributed by atoms with Gasteiger partial charge in [-0.1, -0.05) is 49.2 Å².